The van der Waals surface area contributed by atoms with E-state index in [1.54, 1.807) is 6.07 Å². The highest BCUT2D eigenvalue weighted by atomic mass is 19.4. The van der Waals surface area contributed by atoms with Gasteiger partial charge in [0.05, 0.1) is 5.56 Å². The van der Waals surface area contributed by atoms with Crippen LogP contribution in [0.3, 0.4) is 0 Å². The van der Waals surface area contributed by atoms with Crippen molar-refractivity contribution >= 4 is 0 Å². The fraction of sp³-hybridized carbons (Fsp3) is 0.455. The molecule has 0 spiro atoms. The molecule has 0 aliphatic carbocycles. The molecule has 0 aliphatic rings. The largest absolute Gasteiger partial charge is 0.416 e. The average molecular weight is 219 g/mol. The molecule has 0 fully saturated rings. The summed E-state index contributed by atoms with van der Waals surface area (Å²) in [6.45, 7) is 5.00. The lowest BCUT2D eigenvalue weighted by Crippen LogP contribution is -2.05. The van der Waals surface area contributed by atoms with Crippen LogP contribution in [0, 0.1) is 5.92 Å². The summed E-state index contributed by atoms with van der Waals surface area (Å²) in [6, 6.07) is 6.36. The Morgan fingerprint density at radius 1 is 1.13 bits per heavy atom. The van der Waals surface area contributed by atoms with E-state index in [4.69, 9.17) is 5.73 Å². The van der Waals surface area contributed by atoms with Crippen LogP contribution in [0.25, 0.3) is 0 Å². The second kappa shape index (κ2) is 6.45. The maximum atomic E-state index is 11.8. The van der Waals surface area contributed by atoms with E-state index in [0.29, 0.717) is 5.92 Å². The zero-order valence-electron chi connectivity index (χ0n) is 8.88. The van der Waals surface area contributed by atoms with Crippen LogP contribution in [0.2, 0.25) is 0 Å². The highest BCUT2D eigenvalue weighted by molar-refractivity contribution is 5.17. The standard InChI is InChI=1S/C7H5F3.C4H11N/c8-7(9,10)6-4-2-1-3-5-6;1-4(2)3-5/h1-5H;4H,3,5H2,1-2H3. The van der Waals surface area contributed by atoms with Gasteiger partial charge in [0, 0.05) is 0 Å². The van der Waals surface area contributed by atoms with Crippen molar-refractivity contribution < 1.29 is 13.2 Å². The van der Waals surface area contributed by atoms with Gasteiger partial charge in [-0.3, -0.25) is 0 Å². The molecule has 4 heteroatoms. The molecule has 15 heavy (non-hydrogen) atoms. The van der Waals surface area contributed by atoms with Crippen LogP contribution in [0.1, 0.15) is 19.4 Å². The first-order valence-electron chi connectivity index (χ1n) is 4.70. The Labute approximate surface area is 88.1 Å². The molecule has 86 valence electrons. The molecular formula is C11H16F3N. The lowest BCUT2D eigenvalue weighted by atomic mass is 10.2. The van der Waals surface area contributed by atoms with Gasteiger partial charge in [-0.05, 0) is 12.5 Å². The molecule has 1 rings (SSSR count). The van der Waals surface area contributed by atoms with Crippen LogP contribution in [-0.4, -0.2) is 6.54 Å². The number of benzene rings is 1. The molecule has 0 heterocycles. The molecule has 0 bridgehead atoms. The van der Waals surface area contributed by atoms with Gasteiger partial charge < -0.3 is 5.73 Å². The minimum Gasteiger partial charge on any atom is -0.330 e. The molecule has 2 N–H and O–H groups in total. The van der Waals surface area contributed by atoms with Crippen molar-refractivity contribution in [2.45, 2.75) is 20.0 Å². The van der Waals surface area contributed by atoms with E-state index >= 15 is 0 Å². The third-order valence-corrected chi connectivity index (χ3v) is 1.57. The summed E-state index contributed by atoms with van der Waals surface area (Å²) in [5.41, 5.74) is 4.57. The number of hydrogen-bond acceptors (Lipinski definition) is 1. The smallest absolute Gasteiger partial charge is 0.330 e. The number of nitrogens with two attached hydrogens (primary N) is 1. The first kappa shape index (κ1) is 14.0. The third-order valence-electron chi connectivity index (χ3n) is 1.57. The van der Waals surface area contributed by atoms with Crippen molar-refractivity contribution in [1.82, 2.24) is 0 Å². The summed E-state index contributed by atoms with van der Waals surface area (Å²) in [7, 11) is 0. The van der Waals surface area contributed by atoms with E-state index in [1.165, 1.54) is 12.1 Å². The van der Waals surface area contributed by atoms with Crippen molar-refractivity contribution in [2.75, 3.05) is 6.54 Å². The Bertz CT molecular complexity index is 254. The molecule has 0 unspecified atom stereocenters. The molecule has 0 saturated heterocycles. The summed E-state index contributed by atoms with van der Waals surface area (Å²) in [4.78, 5) is 0. The predicted octanol–water partition coefficient (Wildman–Crippen LogP) is 3.31. The van der Waals surface area contributed by atoms with Crippen molar-refractivity contribution in [3.05, 3.63) is 35.9 Å². The van der Waals surface area contributed by atoms with Crippen molar-refractivity contribution in [2.24, 2.45) is 11.7 Å². The maximum Gasteiger partial charge on any atom is 0.416 e. The molecule has 1 nitrogen and oxygen atoms in total. The lowest BCUT2D eigenvalue weighted by molar-refractivity contribution is -0.137. The fourth-order valence-electron chi connectivity index (χ4n) is 0.627. The Morgan fingerprint density at radius 3 is 1.73 bits per heavy atom. The average Bonchev–Trinajstić information content (AvgIpc) is 2.19. The van der Waals surface area contributed by atoms with E-state index in [1.807, 2.05) is 0 Å². The topological polar surface area (TPSA) is 26.0 Å². The third kappa shape index (κ3) is 6.96. The maximum absolute atomic E-state index is 11.8. The molecule has 1 aromatic carbocycles. The van der Waals surface area contributed by atoms with Gasteiger partial charge in [0.25, 0.3) is 0 Å². The van der Waals surface area contributed by atoms with E-state index in [9.17, 15) is 13.2 Å². The fourth-order valence-corrected chi connectivity index (χ4v) is 0.627. The zero-order valence-corrected chi connectivity index (χ0v) is 8.88. The molecule has 0 radical (unpaired) electrons. The Morgan fingerprint density at radius 2 is 1.53 bits per heavy atom. The number of hydrogen-bond donors (Lipinski definition) is 1. The van der Waals surface area contributed by atoms with Gasteiger partial charge in [0.2, 0.25) is 0 Å². The van der Waals surface area contributed by atoms with Gasteiger partial charge in [-0.15, -0.1) is 0 Å². The normalized spacial score (nSPS) is 10.9. The van der Waals surface area contributed by atoms with Gasteiger partial charge in [0.15, 0.2) is 0 Å². The van der Waals surface area contributed by atoms with Crippen molar-refractivity contribution in [3.63, 3.8) is 0 Å². The van der Waals surface area contributed by atoms with Gasteiger partial charge in [0.1, 0.15) is 0 Å². The summed E-state index contributed by atoms with van der Waals surface area (Å²) >= 11 is 0. The van der Waals surface area contributed by atoms with Crippen molar-refractivity contribution in [3.8, 4) is 0 Å². The SMILES string of the molecule is CC(C)CN.FC(F)(F)c1ccccc1. The van der Waals surface area contributed by atoms with Crippen LogP contribution < -0.4 is 5.73 Å². The Kier molecular flexibility index (Phi) is 6.01. The van der Waals surface area contributed by atoms with Gasteiger partial charge in [-0.2, -0.15) is 13.2 Å². The second-order valence-corrected chi connectivity index (χ2v) is 3.49. The first-order chi connectivity index (χ1) is 6.88. The van der Waals surface area contributed by atoms with Gasteiger partial charge in [-0.1, -0.05) is 44.2 Å². The highest BCUT2D eigenvalue weighted by Gasteiger charge is 2.29. The van der Waals surface area contributed by atoms with Crippen molar-refractivity contribution in [1.29, 1.82) is 0 Å². The van der Waals surface area contributed by atoms with E-state index in [-0.39, 0.29) is 0 Å². The monoisotopic (exact) mass is 219 g/mol. The molecule has 0 aromatic heterocycles. The van der Waals surface area contributed by atoms with E-state index < -0.39 is 11.7 Å². The van der Waals surface area contributed by atoms with Crippen LogP contribution in [0.4, 0.5) is 13.2 Å². The van der Waals surface area contributed by atoms with Crippen LogP contribution in [-0.2, 0) is 6.18 Å². The van der Waals surface area contributed by atoms with Gasteiger partial charge in [-0.25, -0.2) is 0 Å². The predicted molar refractivity (Wildman–Crippen MR) is 55.3 cm³/mol. The number of alkyl halides is 3. The molecule has 0 atom stereocenters. The Hall–Kier alpha value is -1.03. The van der Waals surface area contributed by atoms with Crippen LogP contribution >= 0.6 is 0 Å². The number of halogens is 3. The number of rotatable bonds is 1. The van der Waals surface area contributed by atoms with E-state index in [2.05, 4.69) is 13.8 Å². The summed E-state index contributed by atoms with van der Waals surface area (Å²) in [6.07, 6.45) is -4.21. The molecule has 0 saturated carbocycles. The molecular weight excluding hydrogens is 203 g/mol. The second-order valence-electron chi connectivity index (χ2n) is 3.49. The molecule has 1 aromatic rings. The van der Waals surface area contributed by atoms with Crippen LogP contribution in [0.15, 0.2) is 30.3 Å². The zero-order chi connectivity index (χ0) is 11.9. The summed E-state index contributed by atoms with van der Waals surface area (Å²) < 4.78 is 35.4. The quantitative estimate of drug-likeness (QED) is 0.770. The minimum atomic E-state index is -4.21. The molecule has 0 amide bonds. The summed E-state index contributed by atoms with van der Waals surface area (Å²) in [5.74, 6) is 0.662. The highest BCUT2D eigenvalue weighted by Crippen LogP contribution is 2.28. The van der Waals surface area contributed by atoms with Crippen LogP contribution in [0.5, 0.6) is 0 Å². The van der Waals surface area contributed by atoms with E-state index in [0.717, 1.165) is 18.7 Å². The lowest BCUT2D eigenvalue weighted by Gasteiger charge is -2.03. The Balaban J connectivity index is 0.000000336. The first-order valence-corrected chi connectivity index (χ1v) is 4.70. The molecule has 0 aliphatic heterocycles. The summed E-state index contributed by atoms with van der Waals surface area (Å²) in [5, 5.41) is 0. The van der Waals surface area contributed by atoms with Gasteiger partial charge >= 0.3 is 6.18 Å². The minimum absolute atomic E-state index is 0.602.